The van der Waals surface area contributed by atoms with Crippen molar-refractivity contribution in [3.05, 3.63) is 84.3 Å². The fraction of sp³-hybridized carbons (Fsp3) is 0.167. The van der Waals surface area contributed by atoms with Crippen molar-refractivity contribution in [3.8, 4) is 11.3 Å². The van der Waals surface area contributed by atoms with Gasteiger partial charge in [0.1, 0.15) is 11.5 Å². The standard InChI is InChI=1S/C24H21N5O2/c30-22(7-6-18-4-2-1-3-5-18)21-17-24(28-12-14-31-15-13-28)29-23(26-21)16-20(27-29)19-8-10-25-11-9-19/h1-11,16-17H,12-15H2/b7-6+. The van der Waals surface area contributed by atoms with Crippen molar-refractivity contribution in [2.75, 3.05) is 31.2 Å². The van der Waals surface area contributed by atoms with Crippen LogP contribution in [0.25, 0.3) is 23.0 Å². The minimum atomic E-state index is -0.146. The Morgan fingerprint density at radius 2 is 1.77 bits per heavy atom. The van der Waals surface area contributed by atoms with E-state index in [0.717, 1.165) is 35.7 Å². The number of hydrogen-bond acceptors (Lipinski definition) is 6. The smallest absolute Gasteiger partial charge is 0.204 e. The average molecular weight is 411 g/mol. The molecule has 4 aromatic rings. The predicted molar refractivity (Wildman–Crippen MR) is 119 cm³/mol. The van der Waals surface area contributed by atoms with E-state index < -0.39 is 0 Å². The summed E-state index contributed by atoms with van der Waals surface area (Å²) >= 11 is 0. The van der Waals surface area contributed by atoms with Crippen LogP contribution in [0.5, 0.6) is 0 Å². The van der Waals surface area contributed by atoms with Crippen molar-refractivity contribution in [2.24, 2.45) is 0 Å². The van der Waals surface area contributed by atoms with Crippen LogP contribution >= 0.6 is 0 Å². The lowest BCUT2D eigenvalue weighted by Gasteiger charge is -2.29. The summed E-state index contributed by atoms with van der Waals surface area (Å²) in [5, 5.41) is 4.77. The van der Waals surface area contributed by atoms with Crippen LogP contribution in [0.15, 0.2) is 73.1 Å². The highest BCUT2D eigenvalue weighted by atomic mass is 16.5. The van der Waals surface area contributed by atoms with E-state index in [4.69, 9.17) is 9.84 Å². The van der Waals surface area contributed by atoms with E-state index >= 15 is 0 Å². The Hall–Kier alpha value is -3.84. The molecular formula is C24H21N5O2. The van der Waals surface area contributed by atoms with Crippen molar-refractivity contribution in [2.45, 2.75) is 0 Å². The van der Waals surface area contributed by atoms with Gasteiger partial charge in [0, 0.05) is 43.2 Å². The molecule has 0 bridgehead atoms. The molecule has 1 saturated heterocycles. The quantitative estimate of drug-likeness (QED) is 0.370. The second-order valence-electron chi connectivity index (χ2n) is 7.24. The molecule has 4 heterocycles. The first-order chi connectivity index (χ1) is 15.3. The lowest BCUT2D eigenvalue weighted by molar-refractivity contribution is 0.104. The third kappa shape index (κ3) is 4.08. The van der Waals surface area contributed by atoms with Gasteiger partial charge in [-0.2, -0.15) is 9.61 Å². The Morgan fingerprint density at radius 1 is 1.00 bits per heavy atom. The topological polar surface area (TPSA) is 72.6 Å². The number of carbonyl (C=O) groups excluding carboxylic acids is 1. The zero-order valence-electron chi connectivity index (χ0n) is 16.9. The first-order valence-electron chi connectivity index (χ1n) is 10.2. The van der Waals surface area contributed by atoms with Crippen LogP contribution in [-0.4, -0.2) is 51.7 Å². The van der Waals surface area contributed by atoms with E-state index in [1.54, 1.807) is 29.1 Å². The molecule has 154 valence electrons. The van der Waals surface area contributed by atoms with Crippen LogP contribution in [-0.2, 0) is 4.74 Å². The summed E-state index contributed by atoms with van der Waals surface area (Å²) in [6.07, 6.45) is 6.84. The van der Waals surface area contributed by atoms with Gasteiger partial charge in [0.05, 0.1) is 18.9 Å². The molecule has 1 aromatic carbocycles. The molecule has 1 aliphatic rings. The molecule has 1 aliphatic heterocycles. The summed E-state index contributed by atoms with van der Waals surface area (Å²) in [5.74, 6) is 0.692. The fourth-order valence-electron chi connectivity index (χ4n) is 3.59. The largest absolute Gasteiger partial charge is 0.378 e. The Labute approximate surface area is 179 Å². The minimum Gasteiger partial charge on any atom is -0.378 e. The maximum atomic E-state index is 12.9. The average Bonchev–Trinajstić information content (AvgIpc) is 3.28. The fourth-order valence-corrected chi connectivity index (χ4v) is 3.59. The number of rotatable bonds is 5. The summed E-state index contributed by atoms with van der Waals surface area (Å²) in [6, 6.07) is 17.3. The summed E-state index contributed by atoms with van der Waals surface area (Å²) in [5.41, 5.74) is 3.73. The van der Waals surface area contributed by atoms with E-state index in [-0.39, 0.29) is 5.78 Å². The third-order valence-corrected chi connectivity index (χ3v) is 5.20. The molecule has 0 saturated carbocycles. The van der Waals surface area contributed by atoms with Crippen molar-refractivity contribution >= 4 is 23.3 Å². The Morgan fingerprint density at radius 3 is 2.55 bits per heavy atom. The monoisotopic (exact) mass is 411 g/mol. The first-order valence-corrected chi connectivity index (χ1v) is 10.2. The predicted octanol–water partition coefficient (Wildman–Crippen LogP) is 3.52. The number of morpholine rings is 1. The molecule has 0 atom stereocenters. The van der Waals surface area contributed by atoms with E-state index in [9.17, 15) is 4.79 Å². The molecule has 7 heteroatoms. The Kier molecular flexibility index (Phi) is 5.24. The molecule has 0 unspecified atom stereocenters. The van der Waals surface area contributed by atoms with Crippen LogP contribution < -0.4 is 4.90 Å². The normalized spacial score (nSPS) is 14.4. The molecule has 0 aliphatic carbocycles. The molecule has 5 rings (SSSR count). The van der Waals surface area contributed by atoms with Gasteiger partial charge in [-0.3, -0.25) is 9.78 Å². The van der Waals surface area contributed by atoms with Crippen LogP contribution in [0.1, 0.15) is 16.1 Å². The van der Waals surface area contributed by atoms with Crippen LogP contribution in [0.4, 0.5) is 5.82 Å². The summed E-state index contributed by atoms with van der Waals surface area (Å²) in [4.78, 5) is 23.8. The summed E-state index contributed by atoms with van der Waals surface area (Å²) in [7, 11) is 0. The van der Waals surface area contributed by atoms with Gasteiger partial charge < -0.3 is 9.64 Å². The number of allylic oxidation sites excluding steroid dienone is 1. The molecule has 3 aromatic heterocycles. The second-order valence-corrected chi connectivity index (χ2v) is 7.24. The maximum absolute atomic E-state index is 12.9. The number of fused-ring (bicyclic) bond motifs is 1. The van der Waals surface area contributed by atoms with E-state index in [1.165, 1.54) is 0 Å². The summed E-state index contributed by atoms with van der Waals surface area (Å²) in [6.45, 7) is 2.74. The first kappa shape index (κ1) is 19.1. The highest BCUT2D eigenvalue weighted by molar-refractivity contribution is 6.06. The molecule has 7 nitrogen and oxygen atoms in total. The molecular weight excluding hydrogens is 390 g/mol. The van der Waals surface area contributed by atoms with Gasteiger partial charge in [-0.05, 0) is 23.8 Å². The maximum Gasteiger partial charge on any atom is 0.204 e. The molecule has 1 fully saturated rings. The van der Waals surface area contributed by atoms with Crippen molar-refractivity contribution in [3.63, 3.8) is 0 Å². The number of aromatic nitrogens is 4. The number of benzene rings is 1. The molecule has 0 radical (unpaired) electrons. The Bertz CT molecular complexity index is 1230. The lowest BCUT2D eigenvalue weighted by Crippen LogP contribution is -2.37. The van der Waals surface area contributed by atoms with Gasteiger partial charge in [-0.25, -0.2) is 4.98 Å². The van der Waals surface area contributed by atoms with E-state index in [2.05, 4.69) is 14.9 Å². The number of carbonyl (C=O) groups is 1. The van der Waals surface area contributed by atoms with Gasteiger partial charge in [0.15, 0.2) is 5.65 Å². The number of nitrogens with zero attached hydrogens (tertiary/aromatic N) is 5. The number of ether oxygens (including phenoxy) is 1. The number of pyridine rings is 1. The molecule has 0 spiro atoms. The van der Waals surface area contributed by atoms with Gasteiger partial charge in [-0.15, -0.1) is 0 Å². The van der Waals surface area contributed by atoms with Crippen molar-refractivity contribution in [1.29, 1.82) is 0 Å². The lowest BCUT2D eigenvalue weighted by atomic mass is 10.1. The van der Waals surface area contributed by atoms with E-state index in [1.807, 2.05) is 54.6 Å². The zero-order valence-corrected chi connectivity index (χ0v) is 16.9. The van der Waals surface area contributed by atoms with Crippen molar-refractivity contribution in [1.82, 2.24) is 19.6 Å². The third-order valence-electron chi connectivity index (χ3n) is 5.20. The van der Waals surface area contributed by atoms with Gasteiger partial charge >= 0.3 is 0 Å². The number of ketones is 1. The zero-order chi connectivity index (χ0) is 21.0. The highest BCUT2D eigenvalue weighted by Crippen LogP contribution is 2.24. The number of hydrogen-bond donors (Lipinski definition) is 0. The summed E-state index contributed by atoms with van der Waals surface area (Å²) < 4.78 is 7.31. The van der Waals surface area contributed by atoms with Gasteiger partial charge in [-0.1, -0.05) is 36.4 Å². The highest BCUT2D eigenvalue weighted by Gasteiger charge is 2.19. The van der Waals surface area contributed by atoms with Gasteiger partial charge in [0.2, 0.25) is 5.78 Å². The Balaban J connectivity index is 1.57. The second kappa shape index (κ2) is 8.49. The van der Waals surface area contributed by atoms with Gasteiger partial charge in [0.25, 0.3) is 0 Å². The van der Waals surface area contributed by atoms with Crippen molar-refractivity contribution < 1.29 is 9.53 Å². The van der Waals surface area contributed by atoms with E-state index in [0.29, 0.717) is 24.6 Å². The molecule has 0 N–H and O–H groups in total. The van der Waals surface area contributed by atoms with Crippen LogP contribution in [0.3, 0.4) is 0 Å². The SMILES string of the molecule is O=C(/C=C/c1ccccc1)c1cc(N2CCOCC2)n2nc(-c3ccncc3)cc2n1. The minimum absolute atomic E-state index is 0.146. The number of anilines is 1. The molecule has 31 heavy (non-hydrogen) atoms. The van der Waals surface area contributed by atoms with Crippen LogP contribution in [0.2, 0.25) is 0 Å². The van der Waals surface area contributed by atoms with Crippen LogP contribution in [0, 0.1) is 0 Å². The molecule has 0 amide bonds.